The second kappa shape index (κ2) is 7.30. The van der Waals surface area contributed by atoms with E-state index in [9.17, 15) is 18.4 Å². The quantitative estimate of drug-likeness (QED) is 0.846. The topological polar surface area (TPSA) is 64.8 Å². The molecule has 0 amide bonds. The molecule has 2 fully saturated rings. The Morgan fingerprint density at radius 2 is 2.00 bits per heavy atom. The first-order chi connectivity index (χ1) is 13.4. The van der Waals surface area contributed by atoms with Gasteiger partial charge < -0.3 is 10.2 Å². The largest absolute Gasteiger partial charge is 0.416 e. The van der Waals surface area contributed by atoms with Crippen molar-refractivity contribution in [3.05, 3.63) is 47.4 Å². The van der Waals surface area contributed by atoms with E-state index in [0.717, 1.165) is 49.5 Å². The van der Waals surface area contributed by atoms with Gasteiger partial charge in [-0.15, -0.1) is 0 Å². The molecule has 2 aliphatic rings. The second-order valence-corrected chi connectivity index (χ2v) is 7.35. The van der Waals surface area contributed by atoms with Crippen molar-refractivity contribution in [1.82, 2.24) is 9.97 Å². The highest BCUT2D eigenvalue weighted by Crippen LogP contribution is 2.38. The Bertz CT molecular complexity index is 901. The van der Waals surface area contributed by atoms with Crippen LogP contribution >= 0.6 is 0 Å². The average molecular weight is 387 g/mol. The van der Waals surface area contributed by atoms with Crippen LogP contribution in [0.2, 0.25) is 0 Å². The fourth-order valence-electron chi connectivity index (χ4n) is 3.59. The first kappa shape index (κ1) is 18.5. The van der Waals surface area contributed by atoms with Crippen LogP contribution < -0.4 is 10.2 Å². The van der Waals surface area contributed by atoms with E-state index in [-0.39, 0.29) is 11.6 Å². The third-order valence-corrected chi connectivity index (χ3v) is 5.18. The molecule has 1 aromatic carbocycles. The van der Waals surface area contributed by atoms with Crippen LogP contribution in [0.1, 0.15) is 48.6 Å². The van der Waals surface area contributed by atoms with Gasteiger partial charge in [-0.1, -0.05) is 0 Å². The van der Waals surface area contributed by atoms with Crippen molar-refractivity contribution < 1.29 is 13.2 Å². The summed E-state index contributed by atoms with van der Waals surface area (Å²) in [4.78, 5) is 10.9. The van der Waals surface area contributed by atoms with E-state index in [0.29, 0.717) is 24.7 Å². The van der Waals surface area contributed by atoms with Gasteiger partial charge in [0.1, 0.15) is 17.7 Å². The molecule has 0 spiro atoms. The second-order valence-electron chi connectivity index (χ2n) is 7.35. The summed E-state index contributed by atoms with van der Waals surface area (Å²) >= 11 is 0. The first-order valence-electron chi connectivity index (χ1n) is 9.40. The maximum atomic E-state index is 12.9. The zero-order chi connectivity index (χ0) is 19.7. The van der Waals surface area contributed by atoms with Crippen LogP contribution in [0.3, 0.4) is 0 Å². The van der Waals surface area contributed by atoms with E-state index < -0.39 is 11.7 Å². The minimum Gasteiger partial charge on any atom is -0.368 e. The van der Waals surface area contributed by atoms with E-state index in [2.05, 4.69) is 15.3 Å². The number of nitriles is 1. The molecule has 0 radical (unpaired) electrons. The van der Waals surface area contributed by atoms with Gasteiger partial charge in [0.15, 0.2) is 0 Å². The summed E-state index contributed by atoms with van der Waals surface area (Å²) in [5.74, 6) is 2.11. The van der Waals surface area contributed by atoms with Gasteiger partial charge in [-0.05, 0) is 49.9 Å². The summed E-state index contributed by atoms with van der Waals surface area (Å²) in [5.41, 5.74) is -0.204. The number of anilines is 2. The van der Waals surface area contributed by atoms with Crippen LogP contribution in [0.25, 0.3) is 0 Å². The van der Waals surface area contributed by atoms with E-state index >= 15 is 0 Å². The Morgan fingerprint density at radius 3 is 2.71 bits per heavy atom. The number of nitrogens with zero attached hydrogens (tertiary/aromatic N) is 4. The number of halogens is 3. The molecule has 1 saturated heterocycles. The number of rotatable bonds is 4. The first-order valence-corrected chi connectivity index (χ1v) is 9.40. The highest BCUT2D eigenvalue weighted by Gasteiger charge is 2.32. The molecule has 2 aromatic rings. The molecule has 1 aliphatic heterocycles. The summed E-state index contributed by atoms with van der Waals surface area (Å²) in [5, 5.41) is 12.8. The van der Waals surface area contributed by atoms with Crippen LogP contribution in [0.4, 0.5) is 24.7 Å². The number of benzene rings is 1. The van der Waals surface area contributed by atoms with Crippen molar-refractivity contribution in [2.75, 3.05) is 23.3 Å². The van der Waals surface area contributed by atoms with Crippen molar-refractivity contribution in [3.8, 4) is 6.07 Å². The fourth-order valence-corrected chi connectivity index (χ4v) is 3.59. The van der Waals surface area contributed by atoms with Gasteiger partial charge in [0.2, 0.25) is 0 Å². The molecule has 0 bridgehead atoms. The Kier molecular flexibility index (Phi) is 4.84. The molecule has 1 aliphatic carbocycles. The maximum Gasteiger partial charge on any atom is 0.416 e. The molecular formula is C20H20F3N5. The van der Waals surface area contributed by atoms with E-state index in [4.69, 9.17) is 0 Å². The van der Waals surface area contributed by atoms with Gasteiger partial charge >= 0.3 is 6.18 Å². The Morgan fingerprint density at radius 1 is 1.18 bits per heavy atom. The predicted octanol–water partition coefficient (Wildman–Crippen LogP) is 4.33. The highest BCUT2D eigenvalue weighted by atomic mass is 19.4. The van der Waals surface area contributed by atoms with Gasteiger partial charge in [0, 0.05) is 31.2 Å². The minimum atomic E-state index is -4.46. The molecule has 2 heterocycles. The molecule has 1 N–H and O–H groups in total. The van der Waals surface area contributed by atoms with E-state index in [1.807, 2.05) is 17.0 Å². The van der Waals surface area contributed by atoms with Gasteiger partial charge in [-0.2, -0.15) is 18.4 Å². The number of piperidine rings is 1. The van der Waals surface area contributed by atoms with Crippen molar-refractivity contribution in [2.45, 2.75) is 43.8 Å². The summed E-state index contributed by atoms with van der Waals surface area (Å²) in [6, 6.07) is 7.23. The molecule has 1 aromatic heterocycles. The lowest BCUT2D eigenvalue weighted by atomic mass is 10.0. The Labute approximate surface area is 161 Å². The van der Waals surface area contributed by atoms with Crippen molar-refractivity contribution in [3.63, 3.8) is 0 Å². The lowest BCUT2D eigenvalue weighted by molar-refractivity contribution is -0.137. The van der Waals surface area contributed by atoms with Crippen LogP contribution in [-0.4, -0.2) is 29.1 Å². The van der Waals surface area contributed by atoms with Crippen molar-refractivity contribution in [2.24, 2.45) is 0 Å². The molecule has 1 atom stereocenters. The van der Waals surface area contributed by atoms with Crippen molar-refractivity contribution in [1.29, 1.82) is 5.26 Å². The minimum absolute atomic E-state index is 0.0496. The third kappa shape index (κ3) is 4.03. The number of nitrogens with one attached hydrogen (secondary N) is 1. The lowest BCUT2D eigenvalue weighted by Gasteiger charge is -2.35. The summed E-state index contributed by atoms with van der Waals surface area (Å²) < 4.78 is 38.8. The summed E-state index contributed by atoms with van der Waals surface area (Å²) in [6.45, 7) is 1.30. The van der Waals surface area contributed by atoms with Crippen LogP contribution in [-0.2, 0) is 6.18 Å². The molecule has 1 unspecified atom stereocenters. The maximum absolute atomic E-state index is 12.9. The van der Waals surface area contributed by atoms with Crippen LogP contribution in [0, 0.1) is 11.3 Å². The SMILES string of the molecule is N#Cc1cc(C(F)(F)F)ccc1N1CCCC(Nc2ccnc(C3CC3)n2)C1. The Hall–Kier alpha value is -2.82. The highest BCUT2D eigenvalue weighted by molar-refractivity contribution is 5.61. The standard InChI is InChI=1S/C20H20F3N5/c21-20(22,23)15-5-6-17(14(10-15)11-24)28-9-1-2-16(12-28)26-18-7-8-25-19(27-18)13-3-4-13/h5-8,10,13,16H,1-4,9,12H2,(H,25,26,27). The molecule has 5 nitrogen and oxygen atoms in total. The smallest absolute Gasteiger partial charge is 0.368 e. The van der Waals surface area contributed by atoms with Crippen LogP contribution in [0.15, 0.2) is 30.5 Å². The molecular weight excluding hydrogens is 367 g/mol. The number of hydrogen-bond donors (Lipinski definition) is 1. The molecule has 1 saturated carbocycles. The summed E-state index contributed by atoms with van der Waals surface area (Å²) in [6.07, 6.45) is 1.37. The summed E-state index contributed by atoms with van der Waals surface area (Å²) in [7, 11) is 0. The number of alkyl halides is 3. The third-order valence-electron chi connectivity index (χ3n) is 5.18. The normalized spacial score (nSPS) is 19.9. The fraction of sp³-hybridized carbons (Fsp3) is 0.450. The monoisotopic (exact) mass is 387 g/mol. The van der Waals surface area contributed by atoms with Gasteiger partial charge in [0.05, 0.1) is 16.8 Å². The van der Waals surface area contributed by atoms with E-state index in [1.165, 1.54) is 6.07 Å². The van der Waals surface area contributed by atoms with Crippen LogP contribution in [0.5, 0.6) is 0 Å². The lowest BCUT2D eigenvalue weighted by Crippen LogP contribution is -2.42. The zero-order valence-corrected chi connectivity index (χ0v) is 15.2. The Balaban J connectivity index is 1.49. The molecule has 8 heteroatoms. The average Bonchev–Trinajstić information content (AvgIpc) is 3.52. The molecule has 4 rings (SSSR count). The number of aromatic nitrogens is 2. The zero-order valence-electron chi connectivity index (χ0n) is 15.2. The van der Waals surface area contributed by atoms with Crippen molar-refractivity contribution >= 4 is 11.5 Å². The predicted molar refractivity (Wildman–Crippen MR) is 99.0 cm³/mol. The van der Waals surface area contributed by atoms with E-state index in [1.54, 1.807) is 6.20 Å². The van der Waals surface area contributed by atoms with Gasteiger partial charge in [-0.3, -0.25) is 0 Å². The van der Waals surface area contributed by atoms with Gasteiger partial charge in [-0.25, -0.2) is 9.97 Å². The van der Waals surface area contributed by atoms with Gasteiger partial charge in [0.25, 0.3) is 0 Å². The molecule has 28 heavy (non-hydrogen) atoms. The molecule has 146 valence electrons. The number of hydrogen-bond acceptors (Lipinski definition) is 5.